The second-order valence-corrected chi connectivity index (χ2v) is 6.51. The average molecular weight is 403 g/mol. The van der Waals surface area contributed by atoms with E-state index in [0.29, 0.717) is 35.1 Å². The smallest absolute Gasteiger partial charge is 0.227 e. The average Bonchev–Trinajstić information content (AvgIpc) is 3.24. The van der Waals surface area contributed by atoms with Gasteiger partial charge in [0, 0.05) is 24.1 Å². The monoisotopic (exact) mass is 403 g/mol. The topological polar surface area (TPSA) is 77.2 Å². The van der Waals surface area contributed by atoms with E-state index in [9.17, 15) is 9.18 Å². The zero-order chi connectivity index (χ0) is 20.8. The van der Waals surface area contributed by atoms with Gasteiger partial charge in [-0.05, 0) is 60.7 Å². The molecule has 6 nitrogen and oxygen atoms in total. The van der Waals surface area contributed by atoms with Gasteiger partial charge in [0.1, 0.15) is 17.3 Å². The first-order valence-electron chi connectivity index (χ1n) is 9.37. The minimum absolute atomic E-state index is 0.173. The first-order chi connectivity index (χ1) is 14.7. The summed E-state index contributed by atoms with van der Waals surface area (Å²) in [4.78, 5) is 16.4. The molecule has 1 aromatic heterocycles. The third kappa shape index (κ3) is 5.08. The van der Waals surface area contributed by atoms with Crippen molar-refractivity contribution in [3.63, 3.8) is 0 Å². The van der Waals surface area contributed by atoms with E-state index in [2.05, 4.69) is 15.5 Å². The summed E-state index contributed by atoms with van der Waals surface area (Å²) in [5, 5.41) is 6.69. The number of aromatic nitrogens is 2. The van der Waals surface area contributed by atoms with Crippen molar-refractivity contribution < 1.29 is 18.4 Å². The summed E-state index contributed by atoms with van der Waals surface area (Å²) in [5.74, 6) is 1.62. The van der Waals surface area contributed by atoms with Gasteiger partial charge in [0.15, 0.2) is 0 Å². The number of rotatable bonds is 7. The van der Waals surface area contributed by atoms with Crippen LogP contribution >= 0.6 is 0 Å². The van der Waals surface area contributed by atoms with E-state index in [0.717, 1.165) is 5.75 Å². The third-order valence-electron chi connectivity index (χ3n) is 4.25. The predicted octanol–water partition coefficient (Wildman–Crippen LogP) is 5.24. The number of ether oxygens (including phenoxy) is 1. The molecule has 0 atom stereocenters. The quantitative estimate of drug-likeness (QED) is 0.457. The number of para-hydroxylation sites is 1. The van der Waals surface area contributed by atoms with E-state index in [1.54, 1.807) is 36.4 Å². The molecule has 4 rings (SSSR count). The Labute approximate surface area is 172 Å². The number of nitrogens with zero attached hydrogens (tertiary/aromatic N) is 2. The number of carbonyl (C=O) groups excluding carboxylic acids is 1. The lowest BCUT2D eigenvalue weighted by molar-refractivity contribution is -0.116. The highest BCUT2D eigenvalue weighted by Crippen LogP contribution is 2.23. The number of aryl methyl sites for hydroxylation is 1. The third-order valence-corrected chi connectivity index (χ3v) is 4.25. The molecule has 30 heavy (non-hydrogen) atoms. The van der Waals surface area contributed by atoms with Crippen LogP contribution < -0.4 is 10.1 Å². The Hall–Kier alpha value is -4.00. The fraction of sp³-hybridized carbons (Fsp3) is 0.0870. The number of anilines is 1. The van der Waals surface area contributed by atoms with Crippen LogP contribution in [-0.4, -0.2) is 16.0 Å². The van der Waals surface area contributed by atoms with Crippen molar-refractivity contribution in [2.24, 2.45) is 0 Å². The molecular formula is C23H18FN3O3. The minimum Gasteiger partial charge on any atom is -0.457 e. The Bertz CT molecular complexity index is 1110. The second kappa shape index (κ2) is 9.00. The van der Waals surface area contributed by atoms with Crippen LogP contribution in [0.4, 0.5) is 10.1 Å². The number of benzene rings is 3. The molecule has 0 unspecified atom stereocenters. The standard InChI is InChI=1S/C23H18FN3O3/c24-17-8-6-16(7-9-17)23-26-22(30-27-23)15-14-21(28)25-18-10-12-20(13-11-18)29-19-4-2-1-3-5-19/h1-13H,14-15H2,(H,25,28). The van der Waals surface area contributed by atoms with E-state index < -0.39 is 0 Å². The van der Waals surface area contributed by atoms with Gasteiger partial charge < -0.3 is 14.6 Å². The van der Waals surface area contributed by atoms with Crippen LogP contribution in [0.3, 0.4) is 0 Å². The van der Waals surface area contributed by atoms with Crippen molar-refractivity contribution in [1.29, 1.82) is 0 Å². The normalized spacial score (nSPS) is 10.6. The molecule has 0 bridgehead atoms. The molecule has 0 aliphatic heterocycles. The molecule has 0 fully saturated rings. The lowest BCUT2D eigenvalue weighted by Gasteiger charge is -2.07. The van der Waals surface area contributed by atoms with Crippen LogP contribution in [0.2, 0.25) is 0 Å². The molecule has 0 saturated carbocycles. The lowest BCUT2D eigenvalue weighted by atomic mass is 10.2. The largest absolute Gasteiger partial charge is 0.457 e. The van der Waals surface area contributed by atoms with Gasteiger partial charge in [-0.25, -0.2) is 4.39 Å². The van der Waals surface area contributed by atoms with E-state index in [4.69, 9.17) is 9.26 Å². The van der Waals surface area contributed by atoms with Crippen LogP contribution in [0.25, 0.3) is 11.4 Å². The summed E-state index contributed by atoms with van der Waals surface area (Å²) in [7, 11) is 0. The Morgan fingerprint density at radius 1 is 0.933 bits per heavy atom. The van der Waals surface area contributed by atoms with Gasteiger partial charge in [0.25, 0.3) is 0 Å². The highest BCUT2D eigenvalue weighted by molar-refractivity contribution is 5.90. The summed E-state index contributed by atoms with van der Waals surface area (Å²) < 4.78 is 23.9. The zero-order valence-electron chi connectivity index (χ0n) is 15.9. The Balaban J connectivity index is 1.28. The molecular weight excluding hydrogens is 385 g/mol. The maximum atomic E-state index is 13.0. The first-order valence-corrected chi connectivity index (χ1v) is 9.37. The summed E-state index contributed by atoms with van der Waals surface area (Å²) in [5.41, 5.74) is 1.31. The number of hydrogen-bond donors (Lipinski definition) is 1. The van der Waals surface area contributed by atoms with Gasteiger partial charge in [-0.15, -0.1) is 0 Å². The molecule has 4 aromatic rings. The number of carbonyl (C=O) groups is 1. The summed E-state index contributed by atoms with van der Waals surface area (Å²) in [6, 6.07) is 22.4. The molecule has 3 aromatic carbocycles. The molecule has 0 aliphatic rings. The van der Waals surface area contributed by atoms with Crippen LogP contribution in [0, 0.1) is 5.82 Å². The highest BCUT2D eigenvalue weighted by Gasteiger charge is 2.11. The van der Waals surface area contributed by atoms with Gasteiger partial charge in [0.05, 0.1) is 0 Å². The number of hydrogen-bond acceptors (Lipinski definition) is 5. The van der Waals surface area contributed by atoms with E-state index >= 15 is 0 Å². The highest BCUT2D eigenvalue weighted by atomic mass is 19.1. The van der Waals surface area contributed by atoms with Crippen LogP contribution in [0.15, 0.2) is 83.4 Å². The molecule has 150 valence electrons. The van der Waals surface area contributed by atoms with Crippen molar-refractivity contribution in [1.82, 2.24) is 10.1 Å². The Morgan fingerprint density at radius 3 is 2.37 bits per heavy atom. The van der Waals surface area contributed by atoms with E-state index in [1.165, 1.54) is 12.1 Å². The van der Waals surface area contributed by atoms with Gasteiger partial charge in [-0.1, -0.05) is 23.4 Å². The summed E-state index contributed by atoms with van der Waals surface area (Å²) in [6.45, 7) is 0. The number of nitrogens with one attached hydrogen (secondary N) is 1. The van der Waals surface area contributed by atoms with Gasteiger partial charge in [0.2, 0.25) is 17.6 Å². The molecule has 1 heterocycles. The molecule has 0 aliphatic carbocycles. The van der Waals surface area contributed by atoms with Crippen LogP contribution in [0.1, 0.15) is 12.3 Å². The second-order valence-electron chi connectivity index (χ2n) is 6.51. The molecule has 0 radical (unpaired) electrons. The maximum Gasteiger partial charge on any atom is 0.227 e. The van der Waals surface area contributed by atoms with Crippen LogP contribution in [-0.2, 0) is 11.2 Å². The van der Waals surface area contributed by atoms with Crippen molar-refractivity contribution in [3.05, 3.63) is 90.6 Å². The summed E-state index contributed by atoms with van der Waals surface area (Å²) in [6.07, 6.45) is 0.489. The first kappa shape index (κ1) is 19.3. The van der Waals surface area contributed by atoms with Crippen molar-refractivity contribution in [2.45, 2.75) is 12.8 Å². The molecule has 0 saturated heterocycles. The minimum atomic E-state index is -0.334. The van der Waals surface area contributed by atoms with E-state index in [-0.39, 0.29) is 18.1 Å². The zero-order valence-corrected chi connectivity index (χ0v) is 15.9. The molecule has 7 heteroatoms. The Kier molecular flexibility index (Phi) is 5.80. The molecule has 1 amide bonds. The molecule has 1 N–H and O–H groups in total. The maximum absolute atomic E-state index is 13.0. The molecule has 0 spiro atoms. The van der Waals surface area contributed by atoms with Crippen molar-refractivity contribution in [3.8, 4) is 22.9 Å². The van der Waals surface area contributed by atoms with E-state index in [1.807, 2.05) is 30.3 Å². The number of halogens is 1. The van der Waals surface area contributed by atoms with Gasteiger partial charge in [-0.3, -0.25) is 4.79 Å². The van der Waals surface area contributed by atoms with Crippen LogP contribution in [0.5, 0.6) is 11.5 Å². The van der Waals surface area contributed by atoms with Crippen molar-refractivity contribution in [2.75, 3.05) is 5.32 Å². The fourth-order valence-electron chi connectivity index (χ4n) is 2.75. The van der Waals surface area contributed by atoms with Gasteiger partial charge in [-0.2, -0.15) is 4.98 Å². The van der Waals surface area contributed by atoms with Crippen molar-refractivity contribution >= 4 is 11.6 Å². The Morgan fingerprint density at radius 2 is 1.63 bits per heavy atom. The summed E-state index contributed by atoms with van der Waals surface area (Å²) >= 11 is 0. The predicted molar refractivity (Wildman–Crippen MR) is 110 cm³/mol. The van der Waals surface area contributed by atoms with Gasteiger partial charge >= 0.3 is 0 Å². The number of amides is 1. The fourth-order valence-corrected chi connectivity index (χ4v) is 2.75. The SMILES string of the molecule is O=C(CCc1nc(-c2ccc(F)cc2)no1)Nc1ccc(Oc2ccccc2)cc1. The lowest BCUT2D eigenvalue weighted by Crippen LogP contribution is -2.12.